The van der Waals surface area contributed by atoms with Crippen LogP contribution in [0.2, 0.25) is 0 Å². The second-order valence-electron chi connectivity index (χ2n) is 3.92. The van der Waals surface area contributed by atoms with Crippen molar-refractivity contribution in [1.82, 2.24) is 5.32 Å². The zero-order valence-corrected chi connectivity index (χ0v) is 10.4. The zero-order chi connectivity index (χ0) is 12.9. The van der Waals surface area contributed by atoms with E-state index >= 15 is 0 Å². The monoisotopic (exact) mass is 271 g/mol. The summed E-state index contributed by atoms with van der Waals surface area (Å²) in [6.07, 6.45) is -2.84. The summed E-state index contributed by atoms with van der Waals surface area (Å²) in [7, 11) is 0. The van der Waals surface area contributed by atoms with Gasteiger partial charge in [-0.15, -0.1) is 0 Å². The van der Waals surface area contributed by atoms with Gasteiger partial charge in [0.25, 0.3) is 0 Å². The van der Waals surface area contributed by atoms with Crippen LogP contribution in [0.3, 0.4) is 0 Å². The van der Waals surface area contributed by atoms with Gasteiger partial charge >= 0.3 is 12.3 Å². The van der Waals surface area contributed by atoms with Crippen LogP contribution in [0.5, 0.6) is 0 Å². The van der Waals surface area contributed by atoms with Crippen LogP contribution in [0.4, 0.5) is 18.0 Å². The van der Waals surface area contributed by atoms with Crippen molar-refractivity contribution in [3.63, 3.8) is 0 Å². The first-order valence-electron chi connectivity index (χ1n) is 5.52. The maximum atomic E-state index is 11.8. The van der Waals surface area contributed by atoms with E-state index in [1.54, 1.807) is 0 Å². The summed E-state index contributed by atoms with van der Waals surface area (Å²) in [5.74, 6) is 1.01. The molecule has 1 aliphatic carbocycles. The Morgan fingerprint density at radius 2 is 2.18 bits per heavy atom. The molecule has 2 unspecified atom stereocenters. The standard InChI is InChI=1S/C10H16F3NO2S/c1-2-17-8-4-3-7(5-8)14-9(15)16-6-10(11,12)13/h7-8H,2-6H2,1H3,(H,14,15). The Balaban J connectivity index is 2.19. The van der Waals surface area contributed by atoms with E-state index in [9.17, 15) is 18.0 Å². The molecule has 3 nitrogen and oxygen atoms in total. The van der Waals surface area contributed by atoms with Crippen molar-refractivity contribution in [2.75, 3.05) is 12.4 Å². The van der Waals surface area contributed by atoms with Gasteiger partial charge in [0.1, 0.15) is 0 Å². The average Bonchev–Trinajstić information content (AvgIpc) is 2.62. The van der Waals surface area contributed by atoms with E-state index in [-0.39, 0.29) is 6.04 Å². The van der Waals surface area contributed by atoms with E-state index in [0.29, 0.717) is 5.25 Å². The molecule has 1 N–H and O–H groups in total. The number of carbonyl (C=O) groups is 1. The third kappa shape index (κ3) is 6.05. The molecule has 100 valence electrons. The second-order valence-corrected chi connectivity index (χ2v) is 5.50. The first kappa shape index (κ1) is 14.5. The fourth-order valence-corrected chi connectivity index (χ4v) is 2.96. The van der Waals surface area contributed by atoms with Crippen molar-refractivity contribution in [2.45, 2.75) is 43.7 Å². The highest BCUT2D eigenvalue weighted by Gasteiger charge is 2.31. The molecule has 0 aromatic rings. The van der Waals surface area contributed by atoms with Crippen LogP contribution >= 0.6 is 11.8 Å². The summed E-state index contributed by atoms with van der Waals surface area (Å²) < 4.78 is 39.4. The Kier molecular flexibility index (Phi) is 5.42. The lowest BCUT2D eigenvalue weighted by molar-refractivity contribution is -0.160. The van der Waals surface area contributed by atoms with Crippen LogP contribution in [0.25, 0.3) is 0 Å². The molecule has 0 heterocycles. The van der Waals surface area contributed by atoms with Gasteiger partial charge in [-0.3, -0.25) is 0 Å². The number of hydrogen-bond acceptors (Lipinski definition) is 3. The molecule has 2 atom stereocenters. The third-order valence-electron chi connectivity index (χ3n) is 2.48. The highest BCUT2D eigenvalue weighted by Crippen LogP contribution is 2.29. The summed E-state index contributed by atoms with van der Waals surface area (Å²) in [5.41, 5.74) is 0. The minimum absolute atomic E-state index is 0.0558. The molecular weight excluding hydrogens is 255 g/mol. The van der Waals surface area contributed by atoms with Crippen LogP contribution in [-0.4, -0.2) is 35.9 Å². The van der Waals surface area contributed by atoms with Gasteiger partial charge in [0, 0.05) is 11.3 Å². The molecule has 1 rings (SSSR count). The maximum absolute atomic E-state index is 11.8. The molecule has 0 spiro atoms. The number of halogens is 3. The Labute approximate surface area is 102 Å². The number of carbonyl (C=O) groups excluding carboxylic acids is 1. The Bertz CT molecular complexity index is 260. The van der Waals surface area contributed by atoms with Crippen LogP contribution in [0.15, 0.2) is 0 Å². The molecular formula is C10H16F3NO2S. The Hall–Kier alpha value is -0.590. The van der Waals surface area contributed by atoms with Crippen LogP contribution in [-0.2, 0) is 4.74 Å². The fraction of sp³-hybridized carbons (Fsp3) is 0.900. The predicted octanol–water partition coefficient (Wildman–Crippen LogP) is 2.95. The minimum atomic E-state index is -4.46. The van der Waals surface area contributed by atoms with Crippen LogP contribution in [0, 0.1) is 0 Å². The lowest BCUT2D eigenvalue weighted by atomic mass is 10.3. The normalized spacial score (nSPS) is 24.7. The average molecular weight is 271 g/mol. The molecule has 0 bridgehead atoms. The number of amides is 1. The van der Waals surface area contributed by atoms with Crippen molar-refractivity contribution in [2.24, 2.45) is 0 Å². The number of hydrogen-bond donors (Lipinski definition) is 1. The van der Waals surface area contributed by atoms with E-state index in [1.807, 2.05) is 11.8 Å². The molecule has 0 aliphatic heterocycles. The smallest absolute Gasteiger partial charge is 0.422 e. The highest BCUT2D eigenvalue weighted by molar-refractivity contribution is 7.99. The fourth-order valence-electron chi connectivity index (χ4n) is 1.81. The Morgan fingerprint density at radius 3 is 2.76 bits per heavy atom. The van der Waals surface area contributed by atoms with Gasteiger partial charge in [-0.1, -0.05) is 6.92 Å². The van der Waals surface area contributed by atoms with E-state index in [4.69, 9.17) is 0 Å². The van der Waals surface area contributed by atoms with Crippen molar-refractivity contribution in [1.29, 1.82) is 0 Å². The molecule has 1 fully saturated rings. The molecule has 0 aromatic heterocycles. The van der Waals surface area contributed by atoms with E-state index < -0.39 is 18.9 Å². The van der Waals surface area contributed by atoms with Crippen molar-refractivity contribution >= 4 is 17.9 Å². The van der Waals surface area contributed by atoms with E-state index in [0.717, 1.165) is 25.0 Å². The minimum Gasteiger partial charge on any atom is -0.440 e. The topological polar surface area (TPSA) is 38.3 Å². The van der Waals surface area contributed by atoms with Gasteiger partial charge in [-0.05, 0) is 25.0 Å². The van der Waals surface area contributed by atoms with Crippen LogP contribution in [0.1, 0.15) is 26.2 Å². The van der Waals surface area contributed by atoms with Gasteiger partial charge in [-0.25, -0.2) is 4.79 Å². The molecule has 0 aromatic carbocycles. The van der Waals surface area contributed by atoms with E-state index in [2.05, 4.69) is 17.0 Å². The summed E-state index contributed by atoms with van der Waals surface area (Å²) >= 11 is 1.82. The SMILES string of the molecule is CCSC1CCC(NC(=O)OCC(F)(F)F)C1. The summed E-state index contributed by atoms with van der Waals surface area (Å²) in [4.78, 5) is 11.1. The highest BCUT2D eigenvalue weighted by atomic mass is 32.2. The van der Waals surface area contributed by atoms with Crippen molar-refractivity contribution in [3.8, 4) is 0 Å². The van der Waals surface area contributed by atoms with E-state index in [1.165, 1.54) is 0 Å². The molecule has 1 aliphatic rings. The number of alkyl carbamates (subject to hydrolysis) is 1. The number of ether oxygens (including phenoxy) is 1. The Morgan fingerprint density at radius 1 is 1.47 bits per heavy atom. The lowest BCUT2D eigenvalue weighted by Crippen LogP contribution is -2.35. The first-order chi connectivity index (χ1) is 7.90. The van der Waals surface area contributed by atoms with Gasteiger partial charge < -0.3 is 10.1 Å². The number of rotatable bonds is 4. The summed E-state index contributed by atoms with van der Waals surface area (Å²) in [5, 5.41) is 2.96. The summed E-state index contributed by atoms with van der Waals surface area (Å²) in [6, 6.07) is -0.0558. The number of nitrogens with one attached hydrogen (secondary N) is 1. The lowest BCUT2D eigenvalue weighted by Gasteiger charge is -2.14. The van der Waals surface area contributed by atoms with Crippen molar-refractivity contribution < 1.29 is 22.7 Å². The molecule has 1 amide bonds. The second kappa shape index (κ2) is 6.37. The van der Waals surface area contributed by atoms with Gasteiger partial charge in [0.15, 0.2) is 6.61 Å². The van der Waals surface area contributed by atoms with Gasteiger partial charge in [-0.2, -0.15) is 24.9 Å². The van der Waals surface area contributed by atoms with Gasteiger partial charge in [0.2, 0.25) is 0 Å². The molecule has 0 radical (unpaired) electrons. The number of alkyl halides is 3. The maximum Gasteiger partial charge on any atom is 0.422 e. The first-order valence-corrected chi connectivity index (χ1v) is 6.57. The van der Waals surface area contributed by atoms with Gasteiger partial charge in [0.05, 0.1) is 0 Å². The largest absolute Gasteiger partial charge is 0.440 e. The van der Waals surface area contributed by atoms with Crippen molar-refractivity contribution in [3.05, 3.63) is 0 Å². The summed E-state index contributed by atoms with van der Waals surface area (Å²) in [6.45, 7) is 0.529. The molecule has 17 heavy (non-hydrogen) atoms. The zero-order valence-electron chi connectivity index (χ0n) is 9.55. The van der Waals surface area contributed by atoms with Crippen LogP contribution < -0.4 is 5.32 Å². The predicted molar refractivity (Wildman–Crippen MR) is 60.1 cm³/mol. The molecule has 1 saturated carbocycles. The quantitative estimate of drug-likeness (QED) is 0.854. The third-order valence-corrected chi connectivity index (χ3v) is 3.71. The molecule has 0 saturated heterocycles. The number of thioether (sulfide) groups is 1. The molecule has 7 heteroatoms.